The van der Waals surface area contributed by atoms with Crippen molar-refractivity contribution in [1.82, 2.24) is 15.1 Å². The van der Waals surface area contributed by atoms with Gasteiger partial charge in [-0.15, -0.1) is 0 Å². The number of carbonyl (C=O) groups excluding carboxylic acids is 2. The molecule has 178 valence electrons. The predicted octanol–water partition coefficient (Wildman–Crippen LogP) is 3.50. The van der Waals surface area contributed by atoms with Crippen LogP contribution in [0.25, 0.3) is 0 Å². The molecule has 6 nitrogen and oxygen atoms in total. The normalized spacial score (nSPS) is 20.8. The summed E-state index contributed by atoms with van der Waals surface area (Å²) in [5, 5.41) is 3.59. The van der Waals surface area contributed by atoms with E-state index in [1.807, 2.05) is 37.0 Å². The molecule has 1 aliphatic heterocycles. The topological polar surface area (TPSA) is 61.9 Å². The summed E-state index contributed by atoms with van der Waals surface area (Å²) in [6, 6.07) is 0.162. The molecular weight excluding hydrogens is 414 g/mol. The zero-order valence-electron chi connectivity index (χ0n) is 20.2. The molecular formula is C27H37N3O3. The van der Waals surface area contributed by atoms with Crippen LogP contribution in [0.2, 0.25) is 0 Å². The summed E-state index contributed by atoms with van der Waals surface area (Å²) >= 11 is 0. The number of allylic oxidation sites excluding steroid dienone is 5. The standard InChI is InChI=1S/C27H37N3O3/c1-27(2,26(32)33-3)16-15-25(31)30(24-13-9-4-5-10-14-24)21-23-20-29(18-17-28-23)19-22-11-7-6-8-12-22/h4-5,7,9,11-12,23,28H,6,8,13,15-21H2,1-3H3/t23-/m0/s1. The van der Waals surface area contributed by atoms with Crippen molar-refractivity contribution < 1.29 is 14.3 Å². The molecule has 0 radical (unpaired) electrons. The molecule has 0 spiro atoms. The summed E-state index contributed by atoms with van der Waals surface area (Å²) in [5.74, 6) is -0.291. The molecule has 1 heterocycles. The molecule has 3 rings (SSSR count). The lowest BCUT2D eigenvalue weighted by Gasteiger charge is -2.37. The quantitative estimate of drug-likeness (QED) is 0.429. The minimum absolute atomic E-state index is 0.00317. The lowest BCUT2D eigenvalue weighted by Crippen LogP contribution is -2.55. The summed E-state index contributed by atoms with van der Waals surface area (Å²) in [5.41, 5.74) is 7.68. The van der Waals surface area contributed by atoms with Gasteiger partial charge in [0.05, 0.1) is 18.2 Å². The van der Waals surface area contributed by atoms with E-state index in [2.05, 4.69) is 39.9 Å². The first-order valence-electron chi connectivity index (χ1n) is 11.9. The highest BCUT2D eigenvalue weighted by atomic mass is 16.5. The van der Waals surface area contributed by atoms with Gasteiger partial charge in [-0.2, -0.15) is 0 Å². The van der Waals surface area contributed by atoms with E-state index in [1.165, 1.54) is 12.7 Å². The van der Waals surface area contributed by atoms with Gasteiger partial charge < -0.3 is 15.0 Å². The van der Waals surface area contributed by atoms with E-state index in [9.17, 15) is 9.59 Å². The van der Waals surface area contributed by atoms with Crippen LogP contribution in [0.1, 0.15) is 46.0 Å². The van der Waals surface area contributed by atoms with Crippen LogP contribution in [0.15, 0.2) is 59.2 Å². The van der Waals surface area contributed by atoms with E-state index in [-0.39, 0.29) is 24.3 Å². The van der Waals surface area contributed by atoms with Crippen LogP contribution in [0.3, 0.4) is 0 Å². The summed E-state index contributed by atoms with van der Waals surface area (Å²) in [6.07, 6.45) is 16.1. The van der Waals surface area contributed by atoms with Gasteiger partial charge in [0.25, 0.3) is 0 Å². The second kappa shape index (κ2) is 12.0. The maximum atomic E-state index is 13.4. The van der Waals surface area contributed by atoms with Gasteiger partial charge in [0.15, 0.2) is 0 Å². The second-order valence-electron chi connectivity index (χ2n) is 9.54. The van der Waals surface area contributed by atoms with Crippen molar-refractivity contribution in [3.05, 3.63) is 59.2 Å². The van der Waals surface area contributed by atoms with Crippen molar-refractivity contribution in [3.8, 4) is 0 Å². The number of rotatable bonds is 9. The van der Waals surface area contributed by atoms with E-state index < -0.39 is 5.41 Å². The number of methoxy groups -OCH3 is 1. The maximum Gasteiger partial charge on any atom is 0.311 e. The third-order valence-corrected chi connectivity index (χ3v) is 6.39. The summed E-state index contributed by atoms with van der Waals surface area (Å²) in [7, 11) is 1.39. The van der Waals surface area contributed by atoms with Gasteiger partial charge in [0, 0.05) is 51.6 Å². The van der Waals surface area contributed by atoms with Gasteiger partial charge in [0.2, 0.25) is 5.91 Å². The first-order chi connectivity index (χ1) is 15.9. The maximum absolute atomic E-state index is 13.4. The molecule has 0 aromatic rings. The van der Waals surface area contributed by atoms with Crippen LogP contribution < -0.4 is 5.32 Å². The van der Waals surface area contributed by atoms with Gasteiger partial charge in [-0.1, -0.05) is 36.1 Å². The van der Waals surface area contributed by atoms with Gasteiger partial charge in [0.1, 0.15) is 0 Å². The van der Waals surface area contributed by atoms with Crippen LogP contribution in [0.5, 0.6) is 0 Å². The minimum Gasteiger partial charge on any atom is -0.469 e. The van der Waals surface area contributed by atoms with Crippen molar-refractivity contribution >= 4 is 11.9 Å². The third-order valence-electron chi connectivity index (χ3n) is 6.39. The number of piperazine rings is 1. The van der Waals surface area contributed by atoms with Crippen LogP contribution in [0, 0.1) is 5.41 Å². The van der Waals surface area contributed by atoms with Gasteiger partial charge in [-0.05, 0) is 50.5 Å². The summed E-state index contributed by atoms with van der Waals surface area (Å²) in [6.45, 7) is 7.93. The van der Waals surface area contributed by atoms with E-state index in [1.54, 1.807) is 0 Å². The fraction of sp³-hybridized carbons (Fsp3) is 0.556. The Kier molecular flexibility index (Phi) is 9.11. The number of nitrogens with zero attached hydrogens (tertiary/aromatic N) is 2. The number of hydrogen-bond acceptors (Lipinski definition) is 5. The minimum atomic E-state index is -0.704. The van der Waals surface area contributed by atoms with Crippen LogP contribution in [-0.2, 0) is 14.3 Å². The molecule has 1 atom stereocenters. The Labute approximate surface area is 198 Å². The molecule has 33 heavy (non-hydrogen) atoms. The van der Waals surface area contributed by atoms with Crippen LogP contribution in [0.4, 0.5) is 0 Å². The number of carbonyl (C=O) groups is 2. The van der Waals surface area contributed by atoms with E-state index in [0.717, 1.165) is 44.7 Å². The Hall–Kier alpha value is -2.62. The average Bonchev–Trinajstić information content (AvgIpc) is 3.11. The zero-order chi connectivity index (χ0) is 23.7. The smallest absolute Gasteiger partial charge is 0.311 e. The number of esters is 1. The molecule has 0 bridgehead atoms. The Morgan fingerprint density at radius 2 is 2.15 bits per heavy atom. The van der Waals surface area contributed by atoms with Gasteiger partial charge in [-0.25, -0.2) is 0 Å². The van der Waals surface area contributed by atoms with Crippen molar-refractivity contribution in [2.75, 3.05) is 39.8 Å². The largest absolute Gasteiger partial charge is 0.469 e. The lowest BCUT2D eigenvalue weighted by atomic mass is 9.87. The second-order valence-corrected chi connectivity index (χ2v) is 9.54. The monoisotopic (exact) mass is 451 g/mol. The highest BCUT2D eigenvalue weighted by Crippen LogP contribution is 2.25. The first kappa shape index (κ1) is 25.0. The molecule has 2 aliphatic carbocycles. The highest BCUT2D eigenvalue weighted by molar-refractivity contribution is 5.80. The van der Waals surface area contributed by atoms with E-state index in [0.29, 0.717) is 19.4 Å². The average molecular weight is 452 g/mol. The van der Waals surface area contributed by atoms with Gasteiger partial charge >= 0.3 is 5.97 Å². The Balaban J connectivity index is 1.68. The van der Waals surface area contributed by atoms with Crippen molar-refractivity contribution in [1.29, 1.82) is 0 Å². The Bertz CT molecular complexity index is 915. The van der Waals surface area contributed by atoms with Crippen molar-refractivity contribution in [3.63, 3.8) is 0 Å². The van der Waals surface area contributed by atoms with Crippen molar-refractivity contribution in [2.24, 2.45) is 5.41 Å². The molecule has 0 aromatic carbocycles. The predicted molar refractivity (Wildman–Crippen MR) is 130 cm³/mol. The van der Waals surface area contributed by atoms with Crippen LogP contribution >= 0.6 is 0 Å². The molecule has 0 aromatic heterocycles. The molecule has 0 saturated carbocycles. The lowest BCUT2D eigenvalue weighted by molar-refractivity contribution is -0.151. The molecule has 1 amide bonds. The van der Waals surface area contributed by atoms with Gasteiger partial charge in [-0.3, -0.25) is 14.5 Å². The molecule has 1 N–H and O–H groups in total. The van der Waals surface area contributed by atoms with E-state index >= 15 is 0 Å². The summed E-state index contributed by atoms with van der Waals surface area (Å²) < 4.78 is 4.91. The zero-order valence-corrected chi connectivity index (χ0v) is 20.2. The molecule has 1 saturated heterocycles. The number of amides is 1. The number of nitrogens with one attached hydrogen (secondary N) is 1. The Morgan fingerprint density at radius 1 is 1.30 bits per heavy atom. The fourth-order valence-corrected chi connectivity index (χ4v) is 4.37. The molecule has 1 fully saturated rings. The van der Waals surface area contributed by atoms with Crippen molar-refractivity contribution in [2.45, 2.75) is 52.0 Å². The highest BCUT2D eigenvalue weighted by Gasteiger charge is 2.32. The number of ether oxygens (including phenoxy) is 1. The first-order valence-corrected chi connectivity index (χ1v) is 11.9. The SMILES string of the molecule is COC(=O)C(C)(C)CCC(=O)N(C[C@@H]1CN(CC2=CCCC=C2)CCN1)C1=C=C=CC=CC1. The number of hydrogen-bond donors (Lipinski definition) is 1. The summed E-state index contributed by atoms with van der Waals surface area (Å²) in [4.78, 5) is 29.7. The molecule has 6 heteroatoms. The Morgan fingerprint density at radius 3 is 2.91 bits per heavy atom. The third kappa shape index (κ3) is 7.45. The fourth-order valence-electron chi connectivity index (χ4n) is 4.37. The molecule has 3 aliphatic rings. The molecule has 0 unspecified atom stereocenters. The van der Waals surface area contributed by atoms with Crippen LogP contribution in [-0.4, -0.2) is 67.6 Å². The van der Waals surface area contributed by atoms with E-state index in [4.69, 9.17) is 4.74 Å².